The van der Waals surface area contributed by atoms with Crippen molar-refractivity contribution < 1.29 is 14.3 Å². The van der Waals surface area contributed by atoms with Crippen LogP contribution in [0.5, 0.6) is 11.5 Å². The second-order valence-corrected chi connectivity index (χ2v) is 7.69. The number of carbonyl (C=O) groups is 1. The lowest BCUT2D eigenvalue weighted by atomic mass is 10.0. The summed E-state index contributed by atoms with van der Waals surface area (Å²) in [4.78, 5) is 14.8. The van der Waals surface area contributed by atoms with Crippen LogP contribution in [0.25, 0.3) is 0 Å². The summed E-state index contributed by atoms with van der Waals surface area (Å²) in [7, 11) is 3.28. The van der Waals surface area contributed by atoms with Gasteiger partial charge in [-0.2, -0.15) is 0 Å². The first-order chi connectivity index (χ1) is 11.1. The molecule has 0 N–H and O–H groups in total. The van der Waals surface area contributed by atoms with Crippen LogP contribution in [0.4, 0.5) is 0 Å². The summed E-state index contributed by atoms with van der Waals surface area (Å²) in [6.45, 7) is 0.770. The van der Waals surface area contributed by atoms with E-state index in [2.05, 4.69) is 15.9 Å². The number of benzene rings is 1. The molecule has 4 nitrogen and oxygen atoms in total. The van der Waals surface area contributed by atoms with Crippen molar-refractivity contribution in [3.05, 3.63) is 44.6 Å². The Labute approximate surface area is 148 Å². The van der Waals surface area contributed by atoms with Gasteiger partial charge >= 0.3 is 0 Å². The molecule has 2 aromatic rings. The number of nitrogens with zero attached hydrogens (tertiary/aromatic N) is 1. The van der Waals surface area contributed by atoms with E-state index in [9.17, 15) is 4.79 Å². The number of hydrogen-bond acceptors (Lipinski definition) is 4. The summed E-state index contributed by atoms with van der Waals surface area (Å²) in [6, 6.07) is 7.71. The second kappa shape index (κ2) is 6.93. The molecule has 1 saturated heterocycles. The number of thiophene rings is 1. The molecule has 2 heterocycles. The first kappa shape index (κ1) is 16.3. The number of hydrogen-bond donors (Lipinski definition) is 0. The summed E-state index contributed by atoms with van der Waals surface area (Å²) in [5, 5.41) is 1.90. The van der Waals surface area contributed by atoms with Crippen molar-refractivity contribution in [3.63, 3.8) is 0 Å². The van der Waals surface area contributed by atoms with Gasteiger partial charge in [0.25, 0.3) is 5.91 Å². The number of ether oxygens (including phenoxy) is 2. The van der Waals surface area contributed by atoms with Crippen LogP contribution in [0, 0.1) is 0 Å². The maximum Gasteiger partial charge on any atom is 0.255 e. The molecule has 122 valence electrons. The molecule has 1 unspecified atom stereocenters. The minimum Gasteiger partial charge on any atom is -0.497 e. The molecule has 3 rings (SSSR count). The molecular formula is C17H18BrNO3S. The quantitative estimate of drug-likeness (QED) is 0.764. The number of likely N-dealkylation sites (tertiary alicyclic amines) is 1. The van der Waals surface area contributed by atoms with Crippen LogP contribution in [-0.2, 0) is 0 Å². The van der Waals surface area contributed by atoms with Crippen LogP contribution in [-0.4, -0.2) is 31.6 Å². The second-order valence-electron chi connectivity index (χ2n) is 5.40. The van der Waals surface area contributed by atoms with Crippen LogP contribution in [0.15, 0.2) is 33.4 Å². The maximum atomic E-state index is 12.8. The van der Waals surface area contributed by atoms with Gasteiger partial charge in [-0.15, -0.1) is 11.3 Å². The van der Waals surface area contributed by atoms with Crippen molar-refractivity contribution in [3.8, 4) is 11.5 Å². The summed E-state index contributed by atoms with van der Waals surface area (Å²) < 4.78 is 11.7. The Balaban J connectivity index is 1.91. The van der Waals surface area contributed by atoms with E-state index in [4.69, 9.17) is 9.47 Å². The highest BCUT2D eigenvalue weighted by Crippen LogP contribution is 2.39. The van der Waals surface area contributed by atoms with Gasteiger partial charge < -0.3 is 14.4 Å². The zero-order chi connectivity index (χ0) is 16.4. The highest BCUT2D eigenvalue weighted by molar-refractivity contribution is 9.11. The standard InChI is InChI=1S/C17H18BrNO3S/c1-21-12-5-6-13(15(9-12)22-2)14-4-3-7-19(14)17(20)11-8-16(18)23-10-11/h5-6,8-10,14H,3-4,7H2,1-2H3. The fraction of sp³-hybridized carbons (Fsp3) is 0.353. The topological polar surface area (TPSA) is 38.8 Å². The zero-order valence-corrected chi connectivity index (χ0v) is 15.4. The first-order valence-electron chi connectivity index (χ1n) is 7.41. The van der Waals surface area contributed by atoms with Crippen LogP contribution >= 0.6 is 27.3 Å². The molecule has 0 spiro atoms. The van der Waals surface area contributed by atoms with Gasteiger partial charge in [-0.05, 0) is 47.0 Å². The molecule has 0 saturated carbocycles. The van der Waals surface area contributed by atoms with E-state index in [1.165, 1.54) is 11.3 Å². The molecule has 1 fully saturated rings. The van der Waals surface area contributed by atoms with Crippen LogP contribution in [0.3, 0.4) is 0 Å². The third kappa shape index (κ3) is 3.23. The fourth-order valence-electron chi connectivity index (χ4n) is 3.01. The molecule has 6 heteroatoms. The summed E-state index contributed by atoms with van der Waals surface area (Å²) in [6.07, 6.45) is 1.94. The van der Waals surface area contributed by atoms with Gasteiger partial charge in [-0.1, -0.05) is 0 Å². The van der Waals surface area contributed by atoms with Gasteiger partial charge in [0.05, 0.1) is 29.6 Å². The van der Waals surface area contributed by atoms with Gasteiger partial charge in [-0.25, -0.2) is 0 Å². The minimum absolute atomic E-state index is 0.0435. The van der Waals surface area contributed by atoms with Crippen molar-refractivity contribution in [1.82, 2.24) is 4.90 Å². The third-order valence-corrected chi connectivity index (χ3v) is 5.63. The summed E-state index contributed by atoms with van der Waals surface area (Å²) >= 11 is 4.95. The monoisotopic (exact) mass is 395 g/mol. The number of methoxy groups -OCH3 is 2. The average molecular weight is 396 g/mol. The Morgan fingerprint density at radius 2 is 2.13 bits per heavy atom. The van der Waals surface area contributed by atoms with Gasteiger partial charge in [0.1, 0.15) is 11.5 Å². The predicted molar refractivity (Wildman–Crippen MR) is 94.6 cm³/mol. The Bertz CT molecular complexity index is 716. The number of amides is 1. The number of rotatable bonds is 4. The Morgan fingerprint density at radius 3 is 2.78 bits per heavy atom. The van der Waals surface area contributed by atoms with E-state index >= 15 is 0 Å². The average Bonchev–Trinajstić information content (AvgIpc) is 3.22. The Kier molecular flexibility index (Phi) is 4.92. The smallest absolute Gasteiger partial charge is 0.255 e. The minimum atomic E-state index is 0.0435. The van der Waals surface area contributed by atoms with Crippen molar-refractivity contribution >= 4 is 33.2 Å². The molecule has 1 aliphatic rings. The van der Waals surface area contributed by atoms with Gasteiger partial charge in [0.15, 0.2) is 0 Å². The van der Waals surface area contributed by atoms with E-state index in [1.807, 2.05) is 34.5 Å². The maximum absolute atomic E-state index is 12.8. The molecular weight excluding hydrogens is 378 g/mol. The molecule has 1 aliphatic heterocycles. The summed E-state index contributed by atoms with van der Waals surface area (Å²) in [5.41, 5.74) is 1.77. The molecule has 1 atom stereocenters. The summed E-state index contributed by atoms with van der Waals surface area (Å²) in [5.74, 6) is 1.59. The Morgan fingerprint density at radius 1 is 1.30 bits per heavy atom. The van der Waals surface area contributed by atoms with Crippen molar-refractivity contribution in [2.45, 2.75) is 18.9 Å². The lowest BCUT2D eigenvalue weighted by molar-refractivity contribution is 0.0734. The largest absolute Gasteiger partial charge is 0.497 e. The van der Waals surface area contributed by atoms with Crippen molar-refractivity contribution in [2.75, 3.05) is 20.8 Å². The molecule has 0 radical (unpaired) electrons. The van der Waals surface area contributed by atoms with E-state index in [0.717, 1.165) is 45.8 Å². The predicted octanol–water partition coefficient (Wildman–Crippen LogP) is 4.51. The zero-order valence-electron chi connectivity index (χ0n) is 13.0. The molecule has 1 amide bonds. The van der Waals surface area contributed by atoms with Gasteiger partial charge in [0, 0.05) is 23.6 Å². The third-order valence-electron chi connectivity index (χ3n) is 4.13. The number of carbonyl (C=O) groups excluding carboxylic acids is 1. The van der Waals surface area contributed by atoms with E-state index in [-0.39, 0.29) is 11.9 Å². The number of halogens is 1. The van der Waals surface area contributed by atoms with E-state index in [1.54, 1.807) is 14.2 Å². The van der Waals surface area contributed by atoms with Crippen LogP contribution < -0.4 is 9.47 Å². The van der Waals surface area contributed by atoms with E-state index in [0.29, 0.717) is 0 Å². The van der Waals surface area contributed by atoms with Gasteiger partial charge in [-0.3, -0.25) is 4.79 Å². The molecule has 0 bridgehead atoms. The van der Waals surface area contributed by atoms with Crippen molar-refractivity contribution in [1.29, 1.82) is 0 Å². The SMILES string of the molecule is COc1ccc(C2CCCN2C(=O)c2csc(Br)c2)c(OC)c1. The fourth-order valence-corrected chi connectivity index (χ4v) is 4.15. The normalized spacial score (nSPS) is 17.3. The lowest BCUT2D eigenvalue weighted by Crippen LogP contribution is -2.30. The van der Waals surface area contributed by atoms with Crippen LogP contribution in [0.2, 0.25) is 0 Å². The highest BCUT2D eigenvalue weighted by Gasteiger charge is 2.32. The van der Waals surface area contributed by atoms with Crippen molar-refractivity contribution in [2.24, 2.45) is 0 Å². The molecule has 1 aromatic carbocycles. The Hall–Kier alpha value is -1.53. The highest BCUT2D eigenvalue weighted by atomic mass is 79.9. The molecule has 1 aromatic heterocycles. The van der Waals surface area contributed by atoms with E-state index < -0.39 is 0 Å². The first-order valence-corrected chi connectivity index (χ1v) is 9.08. The molecule has 0 aliphatic carbocycles. The lowest BCUT2D eigenvalue weighted by Gasteiger charge is -2.26. The van der Waals surface area contributed by atoms with Crippen LogP contribution in [0.1, 0.15) is 34.8 Å². The molecule has 23 heavy (non-hydrogen) atoms. The van der Waals surface area contributed by atoms with Gasteiger partial charge in [0.2, 0.25) is 0 Å².